The molecule has 1 saturated carbocycles. The Hall–Kier alpha value is -3.49. The quantitative estimate of drug-likeness (QED) is 0.132. The van der Waals surface area contributed by atoms with Gasteiger partial charge in [0.25, 0.3) is 0 Å². The Kier molecular flexibility index (Phi) is 15.9. The number of aromatic amines is 1. The lowest BCUT2D eigenvalue weighted by atomic mass is 9.82. The van der Waals surface area contributed by atoms with Crippen molar-refractivity contribution in [1.29, 1.82) is 0 Å². The second kappa shape index (κ2) is 19.4. The van der Waals surface area contributed by atoms with E-state index in [1.54, 1.807) is 40.8 Å². The molecule has 51 heavy (non-hydrogen) atoms. The number of carbonyl (C=O) groups excluding carboxylic acids is 3. The van der Waals surface area contributed by atoms with E-state index < -0.39 is 69.1 Å². The zero-order valence-electron chi connectivity index (χ0n) is 31.3. The summed E-state index contributed by atoms with van der Waals surface area (Å²) in [5, 5.41) is 19.6. The van der Waals surface area contributed by atoms with Gasteiger partial charge in [-0.25, -0.2) is 22.9 Å². The highest BCUT2D eigenvalue weighted by Crippen LogP contribution is 2.29. The Bertz CT molecular complexity index is 1470. The third-order valence-electron chi connectivity index (χ3n) is 9.24. The molecule has 1 aliphatic carbocycles. The number of alkyl carbamates (subject to hydrolysis) is 1. The number of hydrogen-bond donors (Lipinski definition) is 6. The van der Waals surface area contributed by atoms with Crippen LogP contribution in [0.25, 0.3) is 0 Å². The molecule has 0 aliphatic heterocycles. The minimum Gasteiger partial charge on any atom is -0.444 e. The molecule has 1 aliphatic rings. The van der Waals surface area contributed by atoms with Gasteiger partial charge < -0.3 is 30.8 Å². The van der Waals surface area contributed by atoms with E-state index in [0.717, 1.165) is 37.7 Å². The number of carbonyl (C=O) groups is 3. The van der Waals surface area contributed by atoms with Gasteiger partial charge in [-0.2, -0.15) is 0 Å². The van der Waals surface area contributed by atoms with Gasteiger partial charge in [0.05, 0.1) is 23.7 Å². The maximum Gasteiger partial charge on any atom is 0.408 e. The monoisotopic (exact) mass is 732 g/mol. The topological polar surface area (TPSA) is 192 Å². The minimum atomic E-state index is -3.61. The van der Waals surface area contributed by atoms with Gasteiger partial charge in [0.2, 0.25) is 21.8 Å². The Morgan fingerprint density at radius 2 is 1.55 bits per heavy atom. The number of aromatic nitrogens is 2. The van der Waals surface area contributed by atoms with E-state index in [9.17, 15) is 27.9 Å². The molecule has 0 bridgehead atoms. The van der Waals surface area contributed by atoms with Crippen molar-refractivity contribution in [3.8, 4) is 0 Å². The Labute approximate surface area is 303 Å². The summed E-state index contributed by atoms with van der Waals surface area (Å²) in [5.74, 6) is -0.947. The fourth-order valence-electron chi connectivity index (χ4n) is 6.21. The van der Waals surface area contributed by atoms with Crippen LogP contribution in [0.15, 0.2) is 42.9 Å². The smallest absolute Gasteiger partial charge is 0.408 e. The number of amides is 3. The Morgan fingerprint density at radius 3 is 2.12 bits per heavy atom. The Morgan fingerprint density at radius 1 is 0.922 bits per heavy atom. The normalized spacial score (nSPS) is 17.3. The molecule has 0 unspecified atom stereocenters. The lowest BCUT2D eigenvalue weighted by molar-refractivity contribution is -0.131. The third-order valence-corrected chi connectivity index (χ3v) is 11.1. The van der Waals surface area contributed by atoms with E-state index in [1.807, 2.05) is 44.2 Å². The zero-order valence-corrected chi connectivity index (χ0v) is 32.1. The molecule has 0 spiro atoms. The minimum absolute atomic E-state index is 0.0666. The van der Waals surface area contributed by atoms with Crippen LogP contribution in [0, 0.1) is 11.8 Å². The molecule has 1 aromatic heterocycles. The average Bonchev–Trinajstić information content (AvgIpc) is 3.56. The second-order valence-corrected chi connectivity index (χ2v) is 17.7. The van der Waals surface area contributed by atoms with Crippen LogP contribution in [0.5, 0.6) is 0 Å². The van der Waals surface area contributed by atoms with Crippen molar-refractivity contribution in [2.24, 2.45) is 11.8 Å². The van der Waals surface area contributed by atoms with Gasteiger partial charge in [0, 0.05) is 30.8 Å². The van der Waals surface area contributed by atoms with E-state index in [2.05, 4.69) is 30.6 Å². The van der Waals surface area contributed by atoms with Gasteiger partial charge in [-0.15, -0.1) is 0 Å². The molecule has 14 heteroatoms. The summed E-state index contributed by atoms with van der Waals surface area (Å²) in [6, 6.07) is 5.78. The molecule has 286 valence electrons. The predicted octanol–water partition coefficient (Wildman–Crippen LogP) is 4.13. The lowest BCUT2D eigenvalue weighted by Gasteiger charge is -2.34. The molecule has 1 aromatic carbocycles. The standard InChI is InChI=1S/C37H60N6O7S/c1-24(2)29(43-51(48,49)25(3)4)21-33(44)30(18-26-14-10-8-11-15-26)40-35(46)32(20-28-22-38-23-39-28)41-34(45)31(19-27-16-12-9-13-17-27)42-36(47)50-37(5,6)7/h9,12-13,16-17,22-26,29-33,43-44H,8,10-11,14-15,18-21H2,1-7H3,(H,38,39)(H,40,46)(H,41,45)(H,42,47)/t29-,30-,31-,32-,33-/m0/s1. The zero-order chi connectivity index (χ0) is 37.8. The molecular formula is C37H60N6O7S. The highest BCUT2D eigenvalue weighted by atomic mass is 32.2. The first-order valence-corrected chi connectivity index (χ1v) is 19.8. The van der Waals surface area contributed by atoms with Crippen LogP contribution in [-0.4, -0.2) is 82.5 Å². The van der Waals surface area contributed by atoms with Crippen molar-refractivity contribution in [3.63, 3.8) is 0 Å². The van der Waals surface area contributed by atoms with Crippen LogP contribution in [-0.2, 0) is 37.2 Å². The van der Waals surface area contributed by atoms with Crippen LogP contribution in [0.2, 0.25) is 0 Å². The number of benzene rings is 1. The largest absolute Gasteiger partial charge is 0.444 e. The van der Waals surface area contributed by atoms with Crippen LogP contribution in [0.1, 0.15) is 105 Å². The first-order valence-electron chi connectivity index (χ1n) is 18.2. The van der Waals surface area contributed by atoms with Crippen molar-refractivity contribution in [2.75, 3.05) is 0 Å². The molecule has 5 atom stereocenters. The maximum absolute atomic E-state index is 14.2. The molecule has 0 saturated heterocycles. The number of H-pyrrole nitrogens is 1. The highest BCUT2D eigenvalue weighted by molar-refractivity contribution is 7.90. The first kappa shape index (κ1) is 41.9. The molecule has 1 fully saturated rings. The summed E-state index contributed by atoms with van der Waals surface area (Å²) in [5.41, 5.74) is 0.604. The van der Waals surface area contributed by atoms with E-state index in [0.29, 0.717) is 12.1 Å². The first-order chi connectivity index (χ1) is 23.9. The van der Waals surface area contributed by atoms with Crippen LogP contribution in [0.4, 0.5) is 4.79 Å². The fraction of sp³-hybridized carbons (Fsp3) is 0.676. The van der Waals surface area contributed by atoms with Gasteiger partial charge in [0.1, 0.15) is 17.7 Å². The predicted molar refractivity (Wildman–Crippen MR) is 197 cm³/mol. The van der Waals surface area contributed by atoms with Crippen molar-refractivity contribution < 1.29 is 32.6 Å². The van der Waals surface area contributed by atoms with Crippen molar-refractivity contribution in [2.45, 2.75) is 147 Å². The number of rotatable bonds is 18. The van der Waals surface area contributed by atoms with Gasteiger partial charge in [-0.1, -0.05) is 76.3 Å². The number of aliphatic hydroxyl groups excluding tert-OH is 1. The summed E-state index contributed by atoms with van der Waals surface area (Å²) in [6.07, 6.45) is 7.24. The molecule has 1 heterocycles. The van der Waals surface area contributed by atoms with Crippen LogP contribution in [0.3, 0.4) is 0 Å². The van der Waals surface area contributed by atoms with Crippen molar-refractivity contribution >= 4 is 27.9 Å². The Balaban J connectivity index is 1.88. The van der Waals surface area contributed by atoms with Gasteiger partial charge in [0.15, 0.2) is 0 Å². The molecule has 3 rings (SSSR count). The molecule has 2 aromatic rings. The summed E-state index contributed by atoms with van der Waals surface area (Å²) in [4.78, 5) is 48.0. The van der Waals surface area contributed by atoms with E-state index in [4.69, 9.17) is 4.74 Å². The highest BCUT2D eigenvalue weighted by Gasteiger charge is 2.34. The number of aliphatic hydroxyl groups is 1. The lowest BCUT2D eigenvalue weighted by Crippen LogP contribution is -2.58. The number of hydrogen-bond acceptors (Lipinski definition) is 8. The van der Waals surface area contributed by atoms with Gasteiger partial charge in [-0.05, 0) is 64.9 Å². The number of ether oxygens (including phenoxy) is 1. The van der Waals surface area contributed by atoms with Crippen molar-refractivity contribution in [3.05, 3.63) is 54.1 Å². The average molecular weight is 733 g/mol. The third kappa shape index (κ3) is 14.6. The van der Waals surface area contributed by atoms with Crippen LogP contribution >= 0.6 is 0 Å². The molecule has 0 radical (unpaired) electrons. The second-order valence-electron chi connectivity index (χ2n) is 15.5. The fourth-order valence-corrected chi connectivity index (χ4v) is 7.27. The van der Waals surface area contributed by atoms with Gasteiger partial charge >= 0.3 is 6.09 Å². The summed E-state index contributed by atoms with van der Waals surface area (Å²) in [7, 11) is -3.61. The van der Waals surface area contributed by atoms with E-state index >= 15 is 0 Å². The van der Waals surface area contributed by atoms with Crippen LogP contribution < -0.4 is 20.7 Å². The molecule has 3 amide bonds. The summed E-state index contributed by atoms with van der Waals surface area (Å²) >= 11 is 0. The number of imidazole rings is 1. The number of nitrogens with zero attached hydrogens (tertiary/aromatic N) is 1. The SMILES string of the molecule is CC(C)[C@H](C[C@H](O)[C@H](CC1CCCCC1)NC(=O)[C@H](Cc1cnc[nH]1)NC(=O)[C@H](Cc1ccccc1)NC(=O)OC(C)(C)C)NS(=O)(=O)C(C)C. The summed E-state index contributed by atoms with van der Waals surface area (Å²) in [6.45, 7) is 12.2. The summed E-state index contributed by atoms with van der Waals surface area (Å²) < 4.78 is 33.8. The molecular weight excluding hydrogens is 673 g/mol. The van der Waals surface area contributed by atoms with E-state index in [1.165, 1.54) is 6.33 Å². The van der Waals surface area contributed by atoms with E-state index in [-0.39, 0.29) is 31.1 Å². The maximum atomic E-state index is 14.2. The van der Waals surface area contributed by atoms with Gasteiger partial charge in [-0.3, -0.25) is 9.59 Å². The molecule has 13 nitrogen and oxygen atoms in total. The number of sulfonamides is 1. The number of nitrogens with one attached hydrogen (secondary N) is 5. The molecule has 6 N–H and O–H groups in total. The van der Waals surface area contributed by atoms with Crippen molar-refractivity contribution in [1.82, 2.24) is 30.6 Å².